The molecular formula is C17H17F4N3O3S. The Hall–Kier alpha value is -2.82. The molecule has 3 amide bonds. The van der Waals surface area contributed by atoms with E-state index in [4.69, 9.17) is 0 Å². The Morgan fingerprint density at radius 1 is 1.18 bits per heavy atom. The van der Waals surface area contributed by atoms with Crippen molar-refractivity contribution in [1.82, 2.24) is 10.6 Å². The quantitative estimate of drug-likeness (QED) is 0.574. The molecule has 6 nitrogen and oxygen atoms in total. The zero-order valence-electron chi connectivity index (χ0n) is 14.4. The highest BCUT2D eigenvalue weighted by Crippen LogP contribution is 2.27. The fourth-order valence-corrected chi connectivity index (χ4v) is 2.78. The lowest BCUT2D eigenvalue weighted by atomic mass is 10.2. The molecule has 1 heterocycles. The van der Waals surface area contributed by atoms with Gasteiger partial charge >= 0.3 is 12.2 Å². The van der Waals surface area contributed by atoms with E-state index >= 15 is 0 Å². The minimum atomic E-state index is -4.57. The second-order valence-electron chi connectivity index (χ2n) is 5.53. The minimum absolute atomic E-state index is 0.141. The molecule has 0 aliphatic rings. The largest absolute Gasteiger partial charge is 0.482 e. The summed E-state index contributed by atoms with van der Waals surface area (Å²) in [6.07, 6.45) is -3.95. The Kier molecular flexibility index (Phi) is 7.61. The van der Waals surface area contributed by atoms with E-state index in [-0.39, 0.29) is 11.4 Å². The number of rotatable bonds is 8. The maximum absolute atomic E-state index is 13.3. The number of thiophene rings is 1. The number of hydrogen-bond donors (Lipinski definition) is 3. The first kappa shape index (κ1) is 21.5. The Balaban J connectivity index is 1.79. The summed E-state index contributed by atoms with van der Waals surface area (Å²) < 4.78 is 54.7. The molecule has 0 saturated heterocycles. The fraction of sp³-hybridized carbons (Fsp3) is 0.294. The first-order valence-corrected chi connectivity index (χ1v) is 8.94. The van der Waals surface area contributed by atoms with E-state index in [0.29, 0.717) is 13.0 Å². The molecule has 1 aromatic heterocycles. The lowest BCUT2D eigenvalue weighted by molar-refractivity contribution is -0.153. The van der Waals surface area contributed by atoms with Crippen LogP contribution in [0.25, 0.3) is 0 Å². The number of carbonyl (C=O) groups is 2. The van der Waals surface area contributed by atoms with E-state index in [1.54, 1.807) is 11.3 Å². The molecule has 0 spiro atoms. The average Bonchev–Trinajstić information content (AvgIpc) is 3.11. The predicted molar refractivity (Wildman–Crippen MR) is 96.0 cm³/mol. The van der Waals surface area contributed by atoms with Crippen LogP contribution < -0.4 is 20.7 Å². The average molecular weight is 419 g/mol. The number of benzene rings is 1. The van der Waals surface area contributed by atoms with Crippen molar-refractivity contribution in [1.29, 1.82) is 0 Å². The molecule has 1 aromatic carbocycles. The molecule has 0 atom stereocenters. The summed E-state index contributed by atoms with van der Waals surface area (Å²) in [5, 5.41) is 8.92. The summed E-state index contributed by atoms with van der Waals surface area (Å²) in [6, 6.07) is 5.91. The standard InChI is InChI=1S/C17H17F4N3O3S/c18-11-3-4-14(27-10-17(19,20)21)13(8-11)23-9-15(25)24-16(26)22-6-5-12-2-1-7-28-12/h1-4,7-8,23H,5-6,9-10H2,(H2,22,24,25,26). The van der Waals surface area contributed by atoms with Crippen LogP contribution in [-0.4, -0.2) is 37.8 Å². The third-order valence-electron chi connectivity index (χ3n) is 3.26. The smallest absolute Gasteiger partial charge is 0.422 e. The van der Waals surface area contributed by atoms with Crippen molar-refractivity contribution >= 4 is 29.0 Å². The van der Waals surface area contributed by atoms with Crippen LogP contribution in [-0.2, 0) is 11.2 Å². The molecule has 3 N–H and O–H groups in total. The lowest BCUT2D eigenvalue weighted by Gasteiger charge is -2.14. The van der Waals surface area contributed by atoms with Gasteiger partial charge in [-0.3, -0.25) is 10.1 Å². The number of amides is 3. The number of imide groups is 1. The first-order valence-electron chi connectivity index (χ1n) is 8.06. The van der Waals surface area contributed by atoms with Gasteiger partial charge in [-0.05, 0) is 30.0 Å². The molecule has 152 valence electrons. The second-order valence-corrected chi connectivity index (χ2v) is 6.56. The summed E-state index contributed by atoms with van der Waals surface area (Å²) >= 11 is 1.54. The van der Waals surface area contributed by atoms with Crippen molar-refractivity contribution in [3.63, 3.8) is 0 Å². The van der Waals surface area contributed by atoms with Gasteiger partial charge in [0.15, 0.2) is 6.61 Å². The third-order valence-corrected chi connectivity index (χ3v) is 4.20. The number of urea groups is 1. The monoisotopic (exact) mass is 419 g/mol. The van der Waals surface area contributed by atoms with Gasteiger partial charge in [-0.1, -0.05) is 6.07 Å². The van der Waals surface area contributed by atoms with Crippen molar-refractivity contribution in [3.05, 3.63) is 46.4 Å². The molecule has 28 heavy (non-hydrogen) atoms. The van der Waals surface area contributed by atoms with Crippen LogP contribution in [0.3, 0.4) is 0 Å². The fourth-order valence-electron chi connectivity index (χ4n) is 2.07. The summed E-state index contributed by atoms with van der Waals surface area (Å²) in [6.45, 7) is -1.71. The van der Waals surface area contributed by atoms with Gasteiger partial charge in [-0.2, -0.15) is 13.2 Å². The van der Waals surface area contributed by atoms with Gasteiger partial charge in [0.25, 0.3) is 0 Å². The molecule has 0 unspecified atom stereocenters. The van der Waals surface area contributed by atoms with Crippen LogP contribution in [0.4, 0.5) is 28.0 Å². The highest BCUT2D eigenvalue weighted by Gasteiger charge is 2.29. The van der Waals surface area contributed by atoms with E-state index in [1.165, 1.54) is 0 Å². The van der Waals surface area contributed by atoms with Gasteiger partial charge < -0.3 is 15.4 Å². The lowest BCUT2D eigenvalue weighted by Crippen LogP contribution is -2.42. The molecule has 0 saturated carbocycles. The Bertz CT molecular complexity index is 797. The van der Waals surface area contributed by atoms with E-state index in [1.807, 2.05) is 17.5 Å². The molecule has 2 aromatic rings. The number of hydrogen-bond acceptors (Lipinski definition) is 5. The van der Waals surface area contributed by atoms with Crippen LogP contribution in [0, 0.1) is 5.82 Å². The van der Waals surface area contributed by atoms with Gasteiger partial charge in [-0.25, -0.2) is 9.18 Å². The van der Waals surface area contributed by atoms with Gasteiger partial charge in [0, 0.05) is 17.5 Å². The zero-order chi connectivity index (χ0) is 20.6. The molecular weight excluding hydrogens is 402 g/mol. The number of halogens is 4. The van der Waals surface area contributed by atoms with Crippen molar-refractivity contribution in [2.24, 2.45) is 0 Å². The van der Waals surface area contributed by atoms with Crippen molar-refractivity contribution in [2.45, 2.75) is 12.6 Å². The maximum Gasteiger partial charge on any atom is 0.422 e. The van der Waals surface area contributed by atoms with Crippen molar-refractivity contribution < 1.29 is 31.9 Å². The minimum Gasteiger partial charge on any atom is -0.482 e. The summed E-state index contributed by atoms with van der Waals surface area (Å²) in [7, 11) is 0. The van der Waals surface area contributed by atoms with Gasteiger partial charge in [0.2, 0.25) is 5.91 Å². The number of nitrogens with one attached hydrogen (secondary N) is 3. The van der Waals surface area contributed by atoms with Crippen LogP contribution in [0.5, 0.6) is 5.75 Å². The number of carbonyl (C=O) groups excluding carboxylic acids is 2. The first-order chi connectivity index (χ1) is 13.2. The highest BCUT2D eigenvalue weighted by atomic mass is 32.1. The highest BCUT2D eigenvalue weighted by molar-refractivity contribution is 7.09. The molecule has 2 rings (SSSR count). The summed E-state index contributed by atoms with van der Waals surface area (Å²) in [4.78, 5) is 24.5. The van der Waals surface area contributed by atoms with E-state index < -0.39 is 37.1 Å². The molecule has 0 bridgehead atoms. The molecule has 0 aliphatic carbocycles. The topological polar surface area (TPSA) is 79.5 Å². The molecule has 0 radical (unpaired) electrons. The maximum atomic E-state index is 13.3. The van der Waals surface area contributed by atoms with Crippen LogP contribution in [0.15, 0.2) is 35.7 Å². The number of anilines is 1. The van der Waals surface area contributed by atoms with Gasteiger partial charge in [-0.15, -0.1) is 11.3 Å². The van der Waals surface area contributed by atoms with Crippen LogP contribution in [0.2, 0.25) is 0 Å². The normalized spacial score (nSPS) is 11.0. The SMILES string of the molecule is O=C(CNc1cc(F)ccc1OCC(F)(F)F)NC(=O)NCCc1cccs1. The molecule has 0 aliphatic heterocycles. The Morgan fingerprint density at radius 3 is 2.64 bits per heavy atom. The van der Waals surface area contributed by atoms with Crippen molar-refractivity contribution in [3.8, 4) is 5.75 Å². The zero-order valence-corrected chi connectivity index (χ0v) is 15.3. The second kappa shape index (κ2) is 9.93. The van der Waals surface area contributed by atoms with Gasteiger partial charge in [0.1, 0.15) is 11.6 Å². The third kappa shape index (κ3) is 7.82. The molecule has 11 heteroatoms. The van der Waals surface area contributed by atoms with Crippen LogP contribution in [0.1, 0.15) is 4.88 Å². The Labute approximate surface area is 161 Å². The van der Waals surface area contributed by atoms with E-state index in [0.717, 1.165) is 23.1 Å². The van der Waals surface area contributed by atoms with Gasteiger partial charge in [0.05, 0.1) is 12.2 Å². The van der Waals surface area contributed by atoms with E-state index in [2.05, 4.69) is 20.7 Å². The predicted octanol–water partition coefficient (Wildman–Crippen LogP) is 3.31. The molecule has 0 fully saturated rings. The summed E-state index contributed by atoms with van der Waals surface area (Å²) in [5.74, 6) is -1.75. The van der Waals surface area contributed by atoms with Crippen LogP contribution >= 0.6 is 11.3 Å². The number of alkyl halides is 3. The summed E-state index contributed by atoms with van der Waals surface area (Å²) in [5.41, 5.74) is -0.141. The van der Waals surface area contributed by atoms with E-state index in [9.17, 15) is 27.2 Å². The number of ether oxygens (including phenoxy) is 1. The van der Waals surface area contributed by atoms with Crippen molar-refractivity contribution in [2.75, 3.05) is 25.0 Å². The Morgan fingerprint density at radius 2 is 1.96 bits per heavy atom.